The quantitative estimate of drug-likeness (QED) is 0.747. The first-order valence-corrected chi connectivity index (χ1v) is 6.60. The fourth-order valence-electron chi connectivity index (χ4n) is 2.60. The average molecular weight is 240 g/mol. The van der Waals surface area contributed by atoms with Crippen molar-refractivity contribution in [3.8, 4) is 0 Å². The molecule has 0 bridgehead atoms. The van der Waals surface area contributed by atoms with Crippen molar-refractivity contribution in [2.75, 3.05) is 0 Å². The minimum Gasteiger partial charge on any atom is -0.393 e. The van der Waals surface area contributed by atoms with E-state index in [4.69, 9.17) is 0 Å². The van der Waals surface area contributed by atoms with Crippen molar-refractivity contribution in [3.05, 3.63) is 11.6 Å². The summed E-state index contributed by atoms with van der Waals surface area (Å²) in [4.78, 5) is 12.0. The van der Waals surface area contributed by atoms with Gasteiger partial charge in [-0.2, -0.15) is 0 Å². The molecular weight excluding hydrogens is 216 g/mol. The molecule has 0 heterocycles. The molecule has 98 valence electrons. The predicted molar refractivity (Wildman–Crippen MR) is 67.6 cm³/mol. The van der Waals surface area contributed by atoms with Crippen LogP contribution >= 0.6 is 0 Å². The molecular formula is C14H24O3. The van der Waals surface area contributed by atoms with Crippen LogP contribution in [-0.2, 0) is 4.79 Å². The number of allylic oxidation sites excluding steroid dienone is 2. The third-order valence-corrected chi connectivity index (χ3v) is 3.63. The molecule has 0 spiro atoms. The Balaban J connectivity index is 2.74. The van der Waals surface area contributed by atoms with Crippen molar-refractivity contribution in [2.24, 2.45) is 11.8 Å². The first kappa shape index (κ1) is 14.4. The van der Waals surface area contributed by atoms with E-state index in [9.17, 15) is 15.0 Å². The van der Waals surface area contributed by atoms with Gasteiger partial charge in [-0.05, 0) is 37.7 Å². The number of rotatable bonds is 6. The van der Waals surface area contributed by atoms with Crippen LogP contribution in [0.25, 0.3) is 0 Å². The highest BCUT2D eigenvalue weighted by Crippen LogP contribution is 2.34. The summed E-state index contributed by atoms with van der Waals surface area (Å²) in [7, 11) is 0. The van der Waals surface area contributed by atoms with Crippen LogP contribution in [0.2, 0.25) is 0 Å². The number of aliphatic hydroxyl groups excluding tert-OH is 2. The molecule has 4 unspecified atom stereocenters. The Bertz CT molecular complexity index is 296. The Kier molecular flexibility index (Phi) is 5.34. The molecule has 0 fully saturated rings. The largest absolute Gasteiger partial charge is 0.393 e. The zero-order valence-electron chi connectivity index (χ0n) is 11.0. The molecule has 0 aliphatic heterocycles. The molecule has 0 saturated carbocycles. The van der Waals surface area contributed by atoms with E-state index in [1.807, 2.05) is 19.9 Å². The van der Waals surface area contributed by atoms with Gasteiger partial charge < -0.3 is 10.2 Å². The molecule has 1 aliphatic carbocycles. The SMILES string of the molecule is CCCC(O)C1C(=O)C(C)=CC1CC(O)CC. The number of hydrogen-bond donors (Lipinski definition) is 2. The Hall–Kier alpha value is -0.670. The summed E-state index contributed by atoms with van der Waals surface area (Å²) < 4.78 is 0. The number of aliphatic hydroxyl groups is 2. The predicted octanol–water partition coefficient (Wildman–Crippen LogP) is 2.07. The lowest BCUT2D eigenvalue weighted by Gasteiger charge is -2.24. The van der Waals surface area contributed by atoms with Crippen molar-refractivity contribution in [3.63, 3.8) is 0 Å². The normalized spacial score (nSPS) is 28.1. The monoisotopic (exact) mass is 240 g/mol. The number of hydrogen-bond acceptors (Lipinski definition) is 3. The van der Waals surface area contributed by atoms with Crippen LogP contribution in [-0.4, -0.2) is 28.2 Å². The Morgan fingerprint density at radius 3 is 2.53 bits per heavy atom. The minimum atomic E-state index is -0.574. The highest BCUT2D eigenvalue weighted by Gasteiger charge is 2.38. The van der Waals surface area contributed by atoms with Gasteiger partial charge in [0.15, 0.2) is 5.78 Å². The molecule has 4 atom stereocenters. The van der Waals surface area contributed by atoms with Gasteiger partial charge in [0.25, 0.3) is 0 Å². The number of Topliss-reactive ketones (excluding diaryl/α,β-unsaturated/α-hetero) is 1. The van der Waals surface area contributed by atoms with Gasteiger partial charge in [-0.15, -0.1) is 0 Å². The van der Waals surface area contributed by atoms with E-state index in [-0.39, 0.29) is 23.7 Å². The molecule has 0 aromatic heterocycles. The standard InChI is InChI=1S/C14H24O3/c1-4-6-12(16)13-10(8-11(15)5-2)7-9(3)14(13)17/h7,10-13,15-16H,4-6,8H2,1-3H3. The number of carbonyl (C=O) groups excluding carboxylic acids is 1. The number of carbonyl (C=O) groups is 1. The highest BCUT2D eigenvalue weighted by atomic mass is 16.3. The topological polar surface area (TPSA) is 57.5 Å². The summed E-state index contributed by atoms with van der Waals surface area (Å²) in [5.41, 5.74) is 0.735. The van der Waals surface area contributed by atoms with Crippen molar-refractivity contribution >= 4 is 5.78 Å². The lowest BCUT2D eigenvalue weighted by Crippen LogP contribution is -2.32. The van der Waals surface area contributed by atoms with E-state index in [2.05, 4.69) is 0 Å². The Morgan fingerprint density at radius 2 is 2.00 bits per heavy atom. The maximum absolute atomic E-state index is 12.0. The smallest absolute Gasteiger partial charge is 0.164 e. The second kappa shape index (κ2) is 6.31. The zero-order chi connectivity index (χ0) is 13.0. The van der Waals surface area contributed by atoms with Crippen LogP contribution in [0.3, 0.4) is 0 Å². The van der Waals surface area contributed by atoms with E-state index in [0.29, 0.717) is 19.3 Å². The van der Waals surface area contributed by atoms with Crippen molar-refractivity contribution in [1.29, 1.82) is 0 Å². The molecule has 2 N–H and O–H groups in total. The number of ketones is 1. The third kappa shape index (κ3) is 3.39. The van der Waals surface area contributed by atoms with Crippen LogP contribution < -0.4 is 0 Å². The van der Waals surface area contributed by atoms with E-state index >= 15 is 0 Å². The molecule has 0 aromatic carbocycles. The maximum Gasteiger partial charge on any atom is 0.164 e. The maximum atomic E-state index is 12.0. The molecule has 17 heavy (non-hydrogen) atoms. The van der Waals surface area contributed by atoms with Gasteiger partial charge in [0.05, 0.1) is 18.1 Å². The first-order valence-electron chi connectivity index (χ1n) is 6.60. The van der Waals surface area contributed by atoms with Gasteiger partial charge in [0.2, 0.25) is 0 Å². The molecule has 0 aromatic rings. The molecule has 3 heteroatoms. The van der Waals surface area contributed by atoms with E-state index in [1.165, 1.54) is 0 Å². The lowest BCUT2D eigenvalue weighted by molar-refractivity contribution is -0.123. The van der Waals surface area contributed by atoms with Gasteiger partial charge in [-0.1, -0.05) is 26.3 Å². The highest BCUT2D eigenvalue weighted by molar-refractivity contribution is 5.99. The summed E-state index contributed by atoms with van der Waals surface area (Å²) in [5.74, 6) is -0.283. The summed E-state index contributed by atoms with van der Waals surface area (Å²) in [6.45, 7) is 5.72. The van der Waals surface area contributed by atoms with Crippen LogP contribution in [0, 0.1) is 11.8 Å². The molecule has 1 aliphatic rings. The first-order chi connectivity index (χ1) is 8.01. The molecule has 1 rings (SSSR count). The van der Waals surface area contributed by atoms with Crippen LogP contribution in [0.5, 0.6) is 0 Å². The molecule has 3 nitrogen and oxygen atoms in total. The van der Waals surface area contributed by atoms with Crippen molar-refractivity contribution in [1.82, 2.24) is 0 Å². The van der Waals surface area contributed by atoms with E-state index in [0.717, 1.165) is 12.0 Å². The van der Waals surface area contributed by atoms with Crippen LogP contribution in [0.15, 0.2) is 11.6 Å². The average Bonchev–Trinajstić information content (AvgIpc) is 2.54. The van der Waals surface area contributed by atoms with Gasteiger partial charge in [0, 0.05) is 0 Å². The van der Waals surface area contributed by atoms with Crippen LogP contribution in [0.1, 0.15) is 46.5 Å². The summed E-state index contributed by atoms with van der Waals surface area (Å²) in [5, 5.41) is 19.8. The Morgan fingerprint density at radius 1 is 1.35 bits per heavy atom. The lowest BCUT2D eigenvalue weighted by atomic mass is 9.83. The van der Waals surface area contributed by atoms with Gasteiger partial charge in [0.1, 0.15) is 0 Å². The fourth-order valence-corrected chi connectivity index (χ4v) is 2.60. The third-order valence-electron chi connectivity index (χ3n) is 3.63. The Labute approximate surface area is 104 Å². The molecule has 0 radical (unpaired) electrons. The molecule has 0 saturated heterocycles. The second-order valence-corrected chi connectivity index (χ2v) is 5.06. The van der Waals surface area contributed by atoms with E-state index in [1.54, 1.807) is 6.92 Å². The van der Waals surface area contributed by atoms with Gasteiger partial charge in [-0.3, -0.25) is 4.79 Å². The summed E-state index contributed by atoms with van der Waals surface area (Å²) >= 11 is 0. The van der Waals surface area contributed by atoms with Crippen LogP contribution in [0.4, 0.5) is 0 Å². The van der Waals surface area contributed by atoms with Gasteiger partial charge >= 0.3 is 0 Å². The van der Waals surface area contributed by atoms with Crippen molar-refractivity contribution < 1.29 is 15.0 Å². The summed E-state index contributed by atoms with van der Waals surface area (Å²) in [6.07, 6.45) is 3.74. The zero-order valence-corrected chi connectivity index (χ0v) is 11.0. The summed E-state index contributed by atoms with van der Waals surface area (Å²) in [6, 6.07) is 0. The fraction of sp³-hybridized carbons (Fsp3) is 0.786. The second-order valence-electron chi connectivity index (χ2n) is 5.06. The minimum absolute atomic E-state index is 0.000926. The molecule has 0 amide bonds. The van der Waals surface area contributed by atoms with Crippen molar-refractivity contribution in [2.45, 2.75) is 58.7 Å². The van der Waals surface area contributed by atoms with E-state index < -0.39 is 6.10 Å². The van der Waals surface area contributed by atoms with Gasteiger partial charge in [-0.25, -0.2) is 0 Å².